The third-order valence-electron chi connectivity index (χ3n) is 4.95. The number of nitro benzene ring substituents is 1. The lowest BCUT2D eigenvalue weighted by Gasteiger charge is -2.10. The van der Waals surface area contributed by atoms with E-state index in [1.54, 1.807) is 49.8 Å². The lowest BCUT2D eigenvalue weighted by Crippen LogP contribution is -2.12. The molecule has 0 fully saturated rings. The monoisotopic (exact) mass is 510 g/mol. The number of carbonyl (C=O) groups is 2. The van der Waals surface area contributed by atoms with Gasteiger partial charge in [0.15, 0.2) is 11.5 Å². The van der Waals surface area contributed by atoms with Gasteiger partial charge in [-0.05, 0) is 42.7 Å². The van der Waals surface area contributed by atoms with Gasteiger partial charge in [-0.1, -0.05) is 25.1 Å². The fourth-order valence-corrected chi connectivity index (χ4v) is 4.26. The van der Waals surface area contributed by atoms with Crippen molar-refractivity contribution < 1.29 is 28.7 Å². The van der Waals surface area contributed by atoms with Gasteiger partial charge in [0.1, 0.15) is 10.6 Å². The Bertz CT molecular complexity index is 1280. The number of hydrogen-bond acceptors (Lipinski definition) is 8. The van der Waals surface area contributed by atoms with Crippen LogP contribution in [0.5, 0.6) is 11.5 Å². The van der Waals surface area contributed by atoms with Gasteiger partial charge in [0, 0.05) is 29.2 Å². The van der Waals surface area contributed by atoms with Crippen molar-refractivity contribution in [2.75, 3.05) is 25.6 Å². The lowest BCUT2D eigenvalue weighted by atomic mass is 10.0. The summed E-state index contributed by atoms with van der Waals surface area (Å²) in [4.78, 5) is 36.1. The first-order chi connectivity index (χ1) is 17.4. The highest BCUT2D eigenvalue weighted by atomic mass is 32.1. The fourth-order valence-electron chi connectivity index (χ4n) is 3.30. The average Bonchev–Trinajstić information content (AvgIpc) is 3.30. The van der Waals surface area contributed by atoms with Gasteiger partial charge in [-0.2, -0.15) is 0 Å². The molecule has 10 heteroatoms. The van der Waals surface area contributed by atoms with E-state index in [0.29, 0.717) is 29.2 Å². The number of carbonyl (C=O) groups excluding carboxylic acids is 2. The molecule has 188 valence electrons. The van der Waals surface area contributed by atoms with E-state index in [-0.39, 0.29) is 22.9 Å². The quantitative estimate of drug-likeness (QED) is 0.147. The average molecular weight is 511 g/mol. The van der Waals surface area contributed by atoms with Crippen LogP contribution in [0.2, 0.25) is 0 Å². The maximum absolute atomic E-state index is 12.7. The lowest BCUT2D eigenvalue weighted by molar-refractivity contribution is -0.384. The zero-order valence-corrected chi connectivity index (χ0v) is 20.9. The Morgan fingerprint density at radius 1 is 1.14 bits per heavy atom. The highest BCUT2D eigenvalue weighted by Crippen LogP contribution is 2.37. The smallest absolute Gasteiger partial charge is 0.341 e. The predicted octanol–water partition coefficient (Wildman–Crippen LogP) is 5.95. The molecule has 36 heavy (non-hydrogen) atoms. The van der Waals surface area contributed by atoms with Gasteiger partial charge in [0.05, 0.1) is 25.2 Å². The van der Waals surface area contributed by atoms with Crippen LogP contribution < -0.4 is 14.8 Å². The van der Waals surface area contributed by atoms with Gasteiger partial charge in [-0.25, -0.2) is 4.79 Å². The van der Waals surface area contributed by atoms with Gasteiger partial charge >= 0.3 is 5.97 Å². The maximum Gasteiger partial charge on any atom is 0.341 e. The van der Waals surface area contributed by atoms with E-state index < -0.39 is 16.8 Å². The number of thiophene rings is 1. The Labute approximate surface area is 212 Å². The summed E-state index contributed by atoms with van der Waals surface area (Å²) in [6.45, 7) is 4.38. The molecule has 0 saturated heterocycles. The number of nitrogens with one attached hydrogen (secondary N) is 1. The largest absolute Gasteiger partial charge is 0.493 e. The number of non-ortho nitro benzene ring substituents is 1. The van der Waals surface area contributed by atoms with Crippen molar-refractivity contribution in [2.24, 2.45) is 0 Å². The van der Waals surface area contributed by atoms with Crippen LogP contribution >= 0.6 is 11.3 Å². The summed E-state index contributed by atoms with van der Waals surface area (Å²) in [7, 11) is 1.54. The van der Waals surface area contributed by atoms with Crippen LogP contribution in [0.15, 0.2) is 53.9 Å². The fraction of sp³-hybridized carbons (Fsp3) is 0.231. The van der Waals surface area contributed by atoms with E-state index in [4.69, 9.17) is 14.2 Å². The molecule has 0 unspecified atom stereocenters. The molecule has 2 aromatic carbocycles. The Balaban J connectivity index is 1.85. The number of amides is 1. The summed E-state index contributed by atoms with van der Waals surface area (Å²) >= 11 is 1.13. The first-order valence-corrected chi connectivity index (χ1v) is 12.1. The van der Waals surface area contributed by atoms with E-state index in [1.165, 1.54) is 24.3 Å². The standard InChI is InChI=1S/C26H26N2O7S/c1-4-13-35-21-11-9-17(14-22(21)33-3)10-12-23(29)27-25-24(26(30)34-5-2)20(16-36-25)18-7-6-8-19(15-18)28(31)32/h6-12,14-16H,4-5,13H2,1-3H3,(H,27,29)/b12-10+. The molecule has 0 atom stereocenters. The molecule has 1 N–H and O–H groups in total. The zero-order valence-electron chi connectivity index (χ0n) is 20.1. The molecule has 0 aliphatic heterocycles. The van der Waals surface area contributed by atoms with Crippen LogP contribution in [0.25, 0.3) is 17.2 Å². The van der Waals surface area contributed by atoms with Crippen LogP contribution in [-0.4, -0.2) is 37.1 Å². The maximum atomic E-state index is 12.7. The van der Waals surface area contributed by atoms with Crippen LogP contribution in [0, 0.1) is 10.1 Å². The number of hydrogen-bond donors (Lipinski definition) is 1. The van der Waals surface area contributed by atoms with Crippen LogP contribution in [0.1, 0.15) is 36.2 Å². The topological polar surface area (TPSA) is 117 Å². The predicted molar refractivity (Wildman–Crippen MR) is 139 cm³/mol. The number of ether oxygens (including phenoxy) is 3. The second kappa shape index (κ2) is 12.5. The SMILES string of the molecule is CCCOc1ccc(/C=C/C(=O)Nc2scc(-c3cccc([N+](=O)[O-])c3)c2C(=O)OCC)cc1OC. The van der Waals surface area contributed by atoms with Gasteiger partial charge in [-0.15, -0.1) is 11.3 Å². The molecular formula is C26H26N2O7S. The Morgan fingerprint density at radius 2 is 1.94 bits per heavy atom. The Hall–Kier alpha value is -4.18. The van der Waals surface area contributed by atoms with E-state index in [2.05, 4.69) is 5.32 Å². The summed E-state index contributed by atoms with van der Waals surface area (Å²) in [5, 5.41) is 15.8. The van der Waals surface area contributed by atoms with E-state index in [9.17, 15) is 19.7 Å². The summed E-state index contributed by atoms with van der Waals surface area (Å²) in [5.74, 6) is 0.0768. The zero-order chi connectivity index (χ0) is 26.1. The van der Waals surface area contributed by atoms with Crippen molar-refractivity contribution in [3.05, 3.63) is 75.2 Å². The summed E-state index contributed by atoms with van der Waals surface area (Å²) in [5.41, 5.74) is 1.66. The van der Waals surface area contributed by atoms with Crippen molar-refractivity contribution in [2.45, 2.75) is 20.3 Å². The molecule has 0 bridgehead atoms. The van der Waals surface area contributed by atoms with Crippen molar-refractivity contribution in [1.82, 2.24) is 0 Å². The van der Waals surface area contributed by atoms with Crippen molar-refractivity contribution in [3.63, 3.8) is 0 Å². The van der Waals surface area contributed by atoms with Crippen LogP contribution in [0.4, 0.5) is 10.7 Å². The molecule has 3 aromatic rings. The minimum atomic E-state index is -0.632. The van der Waals surface area contributed by atoms with Crippen molar-refractivity contribution >= 4 is 40.0 Å². The van der Waals surface area contributed by atoms with E-state index >= 15 is 0 Å². The number of esters is 1. The molecule has 0 saturated carbocycles. The molecule has 9 nitrogen and oxygen atoms in total. The van der Waals surface area contributed by atoms with Gasteiger partial charge < -0.3 is 19.5 Å². The summed E-state index contributed by atoms with van der Waals surface area (Å²) in [6.07, 6.45) is 3.81. The van der Waals surface area contributed by atoms with Gasteiger partial charge in [0.25, 0.3) is 5.69 Å². The van der Waals surface area contributed by atoms with Crippen LogP contribution in [-0.2, 0) is 9.53 Å². The molecule has 0 spiro atoms. The second-order valence-electron chi connectivity index (χ2n) is 7.46. The molecule has 1 aromatic heterocycles. The van der Waals surface area contributed by atoms with E-state index in [1.807, 2.05) is 6.92 Å². The molecule has 1 heterocycles. The minimum absolute atomic E-state index is 0.108. The number of nitro groups is 1. The van der Waals surface area contributed by atoms with Gasteiger partial charge in [-0.3, -0.25) is 14.9 Å². The number of methoxy groups -OCH3 is 1. The molecule has 3 rings (SSSR count). The first kappa shape index (κ1) is 26.4. The number of rotatable bonds is 11. The highest BCUT2D eigenvalue weighted by molar-refractivity contribution is 7.15. The summed E-state index contributed by atoms with van der Waals surface area (Å²) in [6, 6.07) is 11.3. The molecular weight excluding hydrogens is 484 g/mol. The number of anilines is 1. The van der Waals surface area contributed by atoms with Gasteiger partial charge in [0.2, 0.25) is 5.91 Å². The van der Waals surface area contributed by atoms with Crippen molar-refractivity contribution in [3.8, 4) is 22.6 Å². The normalized spacial score (nSPS) is 10.8. The van der Waals surface area contributed by atoms with Crippen molar-refractivity contribution in [1.29, 1.82) is 0 Å². The Morgan fingerprint density at radius 3 is 2.64 bits per heavy atom. The molecule has 0 radical (unpaired) electrons. The molecule has 1 amide bonds. The third kappa shape index (κ3) is 6.48. The van der Waals surface area contributed by atoms with E-state index in [0.717, 1.165) is 23.3 Å². The summed E-state index contributed by atoms with van der Waals surface area (Å²) < 4.78 is 16.2. The first-order valence-electron chi connectivity index (χ1n) is 11.2. The van der Waals surface area contributed by atoms with Crippen LogP contribution in [0.3, 0.4) is 0 Å². The molecule has 0 aliphatic rings. The third-order valence-corrected chi connectivity index (χ3v) is 5.85. The highest BCUT2D eigenvalue weighted by Gasteiger charge is 2.23. The minimum Gasteiger partial charge on any atom is -0.493 e. The Kier molecular flexibility index (Phi) is 9.18. The number of benzene rings is 2. The molecule has 0 aliphatic carbocycles. The second-order valence-corrected chi connectivity index (χ2v) is 8.34. The number of nitrogens with zero attached hydrogens (tertiary/aromatic N) is 1.